The summed E-state index contributed by atoms with van der Waals surface area (Å²) in [6.45, 7) is 2.09. The number of hydrogen-bond donors (Lipinski definition) is 1. The molecular formula is C14H15N3. The Morgan fingerprint density at radius 3 is 2.47 bits per heavy atom. The molecule has 0 saturated heterocycles. The van der Waals surface area contributed by atoms with Crippen LogP contribution in [0.25, 0.3) is 0 Å². The van der Waals surface area contributed by atoms with Crippen molar-refractivity contribution >= 4 is 11.4 Å². The summed E-state index contributed by atoms with van der Waals surface area (Å²) < 4.78 is 0. The standard InChI is InChI=1S/C14H15N3/c1-2-14(12-8-10-15-11-9-12)17-16-13-6-4-3-5-7-13/h3-11,16H,2H2,1H3. The highest BCUT2D eigenvalue weighted by atomic mass is 15.3. The van der Waals surface area contributed by atoms with Gasteiger partial charge in [0, 0.05) is 18.0 Å². The number of nitrogens with zero attached hydrogens (tertiary/aromatic N) is 2. The van der Waals surface area contributed by atoms with Gasteiger partial charge in [-0.3, -0.25) is 10.4 Å². The zero-order chi connectivity index (χ0) is 11.9. The molecule has 0 amide bonds. The molecule has 3 heteroatoms. The Bertz CT molecular complexity index is 477. The lowest BCUT2D eigenvalue weighted by atomic mass is 10.1. The molecule has 0 radical (unpaired) electrons. The quantitative estimate of drug-likeness (QED) is 0.640. The van der Waals surface area contributed by atoms with E-state index in [1.807, 2.05) is 42.5 Å². The predicted molar refractivity (Wildman–Crippen MR) is 71.1 cm³/mol. The van der Waals surface area contributed by atoms with Gasteiger partial charge in [0.15, 0.2) is 0 Å². The summed E-state index contributed by atoms with van der Waals surface area (Å²) in [5, 5.41) is 4.42. The first kappa shape index (κ1) is 11.3. The highest BCUT2D eigenvalue weighted by Gasteiger charge is 1.99. The minimum Gasteiger partial charge on any atom is -0.278 e. The summed E-state index contributed by atoms with van der Waals surface area (Å²) in [7, 11) is 0. The van der Waals surface area contributed by atoms with Crippen molar-refractivity contribution in [3.8, 4) is 0 Å². The second kappa shape index (κ2) is 5.80. The molecule has 0 unspecified atom stereocenters. The van der Waals surface area contributed by atoms with Crippen LogP contribution in [-0.4, -0.2) is 10.7 Å². The molecule has 0 aliphatic carbocycles. The summed E-state index contributed by atoms with van der Waals surface area (Å²) in [5.41, 5.74) is 6.18. The number of hydrazone groups is 1. The van der Waals surface area contributed by atoms with Gasteiger partial charge in [-0.05, 0) is 30.7 Å². The number of nitrogens with one attached hydrogen (secondary N) is 1. The van der Waals surface area contributed by atoms with Crippen LogP contribution in [0.2, 0.25) is 0 Å². The number of anilines is 1. The fraction of sp³-hybridized carbons (Fsp3) is 0.143. The van der Waals surface area contributed by atoms with Crippen LogP contribution in [0, 0.1) is 0 Å². The summed E-state index contributed by atoms with van der Waals surface area (Å²) in [5.74, 6) is 0. The SMILES string of the molecule is CCC(=NNc1ccccc1)c1ccncc1. The molecule has 0 aliphatic rings. The van der Waals surface area contributed by atoms with Gasteiger partial charge in [-0.15, -0.1) is 0 Å². The third-order valence-corrected chi connectivity index (χ3v) is 2.44. The van der Waals surface area contributed by atoms with E-state index in [2.05, 4.69) is 22.4 Å². The number of para-hydroxylation sites is 1. The van der Waals surface area contributed by atoms with E-state index < -0.39 is 0 Å². The molecule has 2 rings (SSSR count). The average Bonchev–Trinajstić information content (AvgIpc) is 2.42. The van der Waals surface area contributed by atoms with E-state index in [9.17, 15) is 0 Å². The van der Waals surface area contributed by atoms with Gasteiger partial charge in [-0.25, -0.2) is 0 Å². The second-order valence-electron chi connectivity index (χ2n) is 3.63. The van der Waals surface area contributed by atoms with Gasteiger partial charge >= 0.3 is 0 Å². The number of pyridine rings is 1. The highest BCUT2D eigenvalue weighted by Crippen LogP contribution is 2.07. The van der Waals surface area contributed by atoms with Crippen LogP contribution in [0.4, 0.5) is 5.69 Å². The number of rotatable bonds is 4. The first-order chi connectivity index (χ1) is 8.40. The van der Waals surface area contributed by atoms with Crippen molar-refractivity contribution < 1.29 is 0 Å². The number of aromatic nitrogens is 1. The maximum Gasteiger partial charge on any atom is 0.0677 e. The van der Waals surface area contributed by atoms with Crippen molar-refractivity contribution in [1.29, 1.82) is 0 Å². The molecule has 1 heterocycles. The van der Waals surface area contributed by atoms with Crippen molar-refractivity contribution in [2.24, 2.45) is 5.10 Å². The van der Waals surface area contributed by atoms with E-state index >= 15 is 0 Å². The molecule has 0 saturated carbocycles. The lowest BCUT2D eigenvalue weighted by Crippen LogP contribution is -2.03. The third kappa shape index (κ3) is 3.14. The van der Waals surface area contributed by atoms with Crippen LogP contribution in [0.1, 0.15) is 18.9 Å². The monoisotopic (exact) mass is 225 g/mol. The maximum absolute atomic E-state index is 4.42. The van der Waals surface area contributed by atoms with Crippen molar-refractivity contribution in [2.45, 2.75) is 13.3 Å². The molecule has 2 aromatic rings. The summed E-state index contributed by atoms with van der Waals surface area (Å²) in [4.78, 5) is 4.00. The zero-order valence-electron chi connectivity index (χ0n) is 9.80. The van der Waals surface area contributed by atoms with Crippen LogP contribution in [0.5, 0.6) is 0 Å². The lowest BCUT2D eigenvalue weighted by Gasteiger charge is -2.05. The van der Waals surface area contributed by atoms with Gasteiger partial charge in [0.1, 0.15) is 0 Å². The summed E-state index contributed by atoms with van der Waals surface area (Å²) in [6, 6.07) is 13.9. The first-order valence-electron chi connectivity index (χ1n) is 5.68. The predicted octanol–water partition coefficient (Wildman–Crippen LogP) is 3.31. The van der Waals surface area contributed by atoms with E-state index in [0.29, 0.717) is 0 Å². The van der Waals surface area contributed by atoms with E-state index in [-0.39, 0.29) is 0 Å². The van der Waals surface area contributed by atoms with Crippen LogP contribution in [0.15, 0.2) is 60.0 Å². The molecule has 86 valence electrons. The van der Waals surface area contributed by atoms with E-state index in [1.54, 1.807) is 12.4 Å². The average molecular weight is 225 g/mol. The lowest BCUT2D eigenvalue weighted by molar-refractivity contribution is 1.21. The molecule has 0 spiro atoms. The molecule has 0 atom stereocenters. The van der Waals surface area contributed by atoms with E-state index in [0.717, 1.165) is 23.4 Å². The van der Waals surface area contributed by atoms with E-state index in [1.165, 1.54) is 0 Å². The van der Waals surface area contributed by atoms with Gasteiger partial charge < -0.3 is 0 Å². The largest absolute Gasteiger partial charge is 0.278 e. The molecule has 1 aromatic carbocycles. The van der Waals surface area contributed by atoms with Crippen molar-refractivity contribution in [3.63, 3.8) is 0 Å². The van der Waals surface area contributed by atoms with Crippen molar-refractivity contribution in [2.75, 3.05) is 5.43 Å². The zero-order valence-corrected chi connectivity index (χ0v) is 9.80. The Morgan fingerprint density at radius 1 is 1.12 bits per heavy atom. The number of hydrogen-bond acceptors (Lipinski definition) is 3. The Kier molecular flexibility index (Phi) is 3.86. The van der Waals surface area contributed by atoms with Gasteiger partial charge in [-0.1, -0.05) is 25.1 Å². The number of benzene rings is 1. The molecule has 0 bridgehead atoms. The molecule has 1 N–H and O–H groups in total. The molecule has 1 aromatic heterocycles. The topological polar surface area (TPSA) is 37.3 Å². The Balaban J connectivity index is 2.14. The van der Waals surface area contributed by atoms with Crippen LogP contribution in [-0.2, 0) is 0 Å². The highest BCUT2D eigenvalue weighted by molar-refractivity contribution is 6.00. The smallest absolute Gasteiger partial charge is 0.0677 e. The van der Waals surface area contributed by atoms with Gasteiger partial charge in [0.2, 0.25) is 0 Å². The fourth-order valence-electron chi connectivity index (χ4n) is 1.54. The summed E-state index contributed by atoms with van der Waals surface area (Å²) in [6.07, 6.45) is 4.44. The third-order valence-electron chi connectivity index (χ3n) is 2.44. The summed E-state index contributed by atoms with van der Waals surface area (Å²) >= 11 is 0. The second-order valence-corrected chi connectivity index (χ2v) is 3.63. The first-order valence-corrected chi connectivity index (χ1v) is 5.68. The fourth-order valence-corrected chi connectivity index (χ4v) is 1.54. The van der Waals surface area contributed by atoms with Crippen molar-refractivity contribution in [1.82, 2.24) is 4.98 Å². The molecule has 0 aliphatic heterocycles. The van der Waals surface area contributed by atoms with Gasteiger partial charge in [-0.2, -0.15) is 5.10 Å². The molecule has 3 nitrogen and oxygen atoms in total. The minimum absolute atomic E-state index is 0.879. The maximum atomic E-state index is 4.42. The van der Waals surface area contributed by atoms with Gasteiger partial charge in [0.05, 0.1) is 11.4 Å². The molecule has 0 fully saturated rings. The molecular weight excluding hydrogens is 210 g/mol. The van der Waals surface area contributed by atoms with Crippen molar-refractivity contribution in [3.05, 3.63) is 60.4 Å². The Hall–Kier alpha value is -2.16. The Labute approximate surface area is 101 Å². The van der Waals surface area contributed by atoms with Crippen LogP contribution < -0.4 is 5.43 Å². The van der Waals surface area contributed by atoms with Crippen LogP contribution in [0.3, 0.4) is 0 Å². The Morgan fingerprint density at radius 2 is 1.82 bits per heavy atom. The van der Waals surface area contributed by atoms with Crippen LogP contribution >= 0.6 is 0 Å². The molecule has 17 heavy (non-hydrogen) atoms. The van der Waals surface area contributed by atoms with Gasteiger partial charge in [0.25, 0.3) is 0 Å². The van der Waals surface area contributed by atoms with E-state index in [4.69, 9.17) is 0 Å². The minimum atomic E-state index is 0.879. The normalized spacial score (nSPS) is 11.2.